The Morgan fingerprint density at radius 3 is 2.55 bits per heavy atom. The van der Waals surface area contributed by atoms with Crippen molar-refractivity contribution in [3.8, 4) is 0 Å². The molecule has 1 aliphatic heterocycles. The summed E-state index contributed by atoms with van der Waals surface area (Å²) in [5.74, 6) is -0.144. The standard InChI is InChI=1S/C23H26N4O2/c1-17-7-6-8-18(15-17)22(28)24-16-21-19-9-2-3-10-20(19)23(29)27(25-21)14-13-26-11-4-5-12-26/h2-3,6-10,15H,4-5,11-14,16H2,1H3,(H,24,28). The minimum atomic E-state index is -0.144. The molecule has 6 nitrogen and oxygen atoms in total. The summed E-state index contributed by atoms with van der Waals surface area (Å²) in [5.41, 5.74) is 2.30. The van der Waals surface area contributed by atoms with Gasteiger partial charge in [-0.05, 0) is 51.1 Å². The molecule has 0 aliphatic carbocycles. The molecule has 2 heterocycles. The molecule has 0 bridgehead atoms. The van der Waals surface area contributed by atoms with Crippen LogP contribution >= 0.6 is 0 Å². The van der Waals surface area contributed by atoms with E-state index in [1.54, 1.807) is 10.7 Å². The Bertz CT molecular complexity index is 1080. The molecule has 1 aromatic heterocycles. The maximum absolute atomic E-state index is 12.9. The smallest absolute Gasteiger partial charge is 0.274 e. The van der Waals surface area contributed by atoms with Crippen LogP contribution in [-0.2, 0) is 13.1 Å². The number of hydrogen-bond donors (Lipinski definition) is 1. The summed E-state index contributed by atoms with van der Waals surface area (Å²) < 4.78 is 1.55. The molecule has 1 amide bonds. The van der Waals surface area contributed by atoms with Gasteiger partial charge in [0, 0.05) is 17.5 Å². The van der Waals surface area contributed by atoms with Crippen LogP contribution in [0, 0.1) is 6.92 Å². The maximum atomic E-state index is 12.9. The number of amides is 1. The Labute approximate surface area is 170 Å². The molecule has 0 unspecified atom stereocenters. The highest BCUT2D eigenvalue weighted by Gasteiger charge is 2.15. The van der Waals surface area contributed by atoms with Gasteiger partial charge in [0.2, 0.25) is 0 Å². The van der Waals surface area contributed by atoms with Gasteiger partial charge in [-0.2, -0.15) is 5.10 Å². The lowest BCUT2D eigenvalue weighted by molar-refractivity contribution is 0.0950. The number of nitrogens with zero attached hydrogens (tertiary/aromatic N) is 3. The molecule has 150 valence electrons. The fraction of sp³-hybridized carbons (Fsp3) is 0.348. The number of aromatic nitrogens is 2. The Hall–Kier alpha value is -2.99. The van der Waals surface area contributed by atoms with E-state index in [1.165, 1.54) is 12.8 Å². The van der Waals surface area contributed by atoms with Crippen LogP contribution in [0.5, 0.6) is 0 Å². The largest absolute Gasteiger partial charge is 0.346 e. The molecule has 3 aromatic rings. The van der Waals surface area contributed by atoms with Crippen molar-refractivity contribution < 1.29 is 4.79 Å². The van der Waals surface area contributed by atoms with Crippen molar-refractivity contribution in [2.24, 2.45) is 0 Å². The molecule has 0 atom stereocenters. The molecule has 0 spiro atoms. The van der Waals surface area contributed by atoms with Crippen LogP contribution in [0.25, 0.3) is 10.8 Å². The van der Waals surface area contributed by atoms with Crippen molar-refractivity contribution in [1.29, 1.82) is 0 Å². The number of fused-ring (bicyclic) bond motifs is 1. The Morgan fingerprint density at radius 1 is 1.03 bits per heavy atom. The van der Waals surface area contributed by atoms with E-state index in [-0.39, 0.29) is 18.0 Å². The first-order valence-electron chi connectivity index (χ1n) is 10.2. The third kappa shape index (κ3) is 4.38. The molecule has 4 rings (SSSR count). The first-order valence-corrected chi connectivity index (χ1v) is 10.2. The lowest BCUT2D eigenvalue weighted by Gasteiger charge is -2.16. The molecule has 1 N–H and O–H groups in total. The quantitative estimate of drug-likeness (QED) is 0.703. The van der Waals surface area contributed by atoms with Crippen LogP contribution in [0.2, 0.25) is 0 Å². The number of carbonyl (C=O) groups excluding carboxylic acids is 1. The van der Waals surface area contributed by atoms with Crippen molar-refractivity contribution in [2.45, 2.75) is 32.9 Å². The van der Waals surface area contributed by atoms with Crippen molar-refractivity contribution in [1.82, 2.24) is 20.0 Å². The fourth-order valence-electron chi connectivity index (χ4n) is 3.88. The van der Waals surface area contributed by atoms with E-state index in [2.05, 4.69) is 15.3 Å². The Morgan fingerprint density at radius 2 is 1.79 bits per heavy atom. The summed E-state index contributed by atoms with van der Waals surface area (Å²) >= 11 is 0. The molecule has 1 saturated heterocycles. The molecule has 6 heteroatoms. The second-order valence-corrected chi connectivity index (χ2v) is 7.62. The van der Waals surface area contributed by atoms with Crippen molar-refractivity contribution in [2.75, 3.05) is 19.6 Å². The SMILES string of the molecule is Cc1cccc(C(=O)NCc2nn(CCN3CCCC3)c(=O)c3ccccc23)c1. The van der Waals surface area contributed by atoms with Gasteiger partial charge in [0.15, 0.2) is 0 Å². The molecule has 0 saturated carbocycles. The number of hydrogen-bond acceptors (Lipinski definition) is 4. The summed E-state index contributed by atoms with van der Waals surface area (Å²) in [4.78, 5) is 27.8. The highest BCUT2D eigenvalue weighted by Crippen LogP contribution is 2.14. The van der Waals surface area contributed by atoms with Crippen LogP contribution in [0.1, 0.15) is 34.5 Å². The average Bonchev–Trinajstić information content (AvgIpc) is 3.26. The van der Waals surface area contributed by atoms with Gasteiger partial charge >= 0.3 is 0 Å². The van der Waals surface area contributed by atoms with Crippen LogP contribution in [0.15, 0.2) is 53.3 Å². The van der Waals surface area contributed by atoms with E-state index < -0.39 is 0 Å². The molecule has 1 aliphatic rings. The van der Waals surface area contributed by atoms with Gasteiger partial charge in [-0.3, -0.25) is 9.59 Å². The normalized spacial score (nSPS) is 14.4. The van der Waals surface area contributed by atoms with Crippen LogP contribution in [-0.4, -0.2) is 40.2 Å². The molecular formula is C23H26N4O2. The number of likely N-dealkylation sites (tertiary alicyclic amines) is 1. The lowest BCUT2D eigenvalue weighted by Crippen LogP contribution is -2.32. The van der Waals surface area contributed by atoms with Crippen LogP contribution in [0.3, 0.4) is 0 Å². The number of rotatable bonds is 6. The lowest BCUT2D eigenvalue weighted by atomic mass is 10.1. The predicted octanol–water partition coefficient (Wildman–Crippen LogP) is 2.73. The number of aryl methyl sites for hydroxylation is 1. The van der Waals surface area contributed by atoms with Gasteiger partial charge in [0.1, 0.15) is 0 Å². The third-order valence-corrected chi connectivity index (χ3v) is 5.47. The van der Waals surface area contributed by atoms with Crippen molar-refractivity contribution in [3.05, 3.63) is 75.7 Å². The van der Waals surface area contributed by atoms with Gasteiger partial charge in [-0.25, -0.2) is 4.68 Å². The molecular weight excluding hydrogens is 364 g/mol. The fourth-order valence-corrected chi connectivity index (χ4v) is 3.88. The summed E-state index contributed by atoms with van der Waals surface area (Å²) in [6.45, 7) is 5.78. The molecule has 29 heavy (non-hydrogen) atoms. The van der Waals surface area contributed by atoms with Crippen LogP contribution < -0.4 is 10.9 Å². The van der Waals surface area contributed by atoms with Gasteiger partial charge in [-0.1, -0.05) is 35.9 Å². The first kappa shape index (κ1) is 19.3. The minimum absolute atomic E-state index is 0.0754. The number of carbonyl (C=O) groups is 1. The van der Waals surface area contributed by atoms with Crippen molar-refractivity contribution in [3.63, 3.8) is 0 Å². The van der Waals surface area contributed by atoms with Gasteiger partial charge in [-0.15, -0.1) is 0 Å². The summed E-state index contributed by atoms with van der Waals surface area (Å²) in [6.07, 6.45) is 2.44. The minimum Gasteiger partial charge on any atom is -0.346 e. The third-order valence-electron chi connectivity index (χ3n) is 5.47. The summed E-state index contributed by atoms with van der Waals surface area (Å²) in [5, 5.41) is 8.99. The Kier molecular flexibility index (Phi) is 5.71. The van der Waals surface area contributed by atoms with Crippen molar-refractivity contribution >= 4 is 16.7 Å². The molecule has 0 radical (unpaired) electrons. The number of nitrogens with one attached hydrogen (secondary N) is 1. The predicted molar refractivity (Wildman–Crippen MR) is 114 cm³/mol. The van der Waals surface area contributed by atoms with Crippen LogP contribution in [0.4, 0.5) is 0 Å². The van der Waals surface area contributed by atoms with Gasteiger partial charge in [0.05, 0.1) is 24.2 Å². The number of benzene rings is 2. The maximum Gasteiger partial charge on any atom is 0.274 e. The second-order valence-electron chi connectivity index (χ2n) is 7.62. The van der Waals surface area contributed by atoms with E-state index in [4.69, 9.17) is 0 Å². The van der Waals surface area contributed by atoms with Gasteiger partial charge < -0.3 is 10.2 Å². The van der Waals surface area contributed by atoms with E-state index >= 15 is 0 Å². The van der Waals surface area contributed by atoms with Gasteiger partial charge in [0.25, 0.3) is 11.5 Å². The highest BCUT2D eigenvalue weighted by molar-refractivity contribution is 5.94. The summed E-state index contributed by atoms with van der Waals surface area (Å²) in [7, 11) is 0. The molecule has 1 fully saturated rings. The van der Waals surface area contributed by atoms with E-state index in [0.29, 0.717) is 23.2 Å². The highest BCUT2D eigenvalue weighted by atomic mass is 16.1. The van der Waals surface area contributed by atoms with E-state index in [1.807, 2.05) is 49.4 Å². The first-order chi connectivity index (χ1) is 14.1. The second kappa shape index (κ2) is 8.57. The monoisotopic (exact) mass is 390 g/mol. The van der Waals surface area contributed by atoms with E-state index in [0.717, 1.165) is 30.6 Å². The zero-order valence-corrected chi connectivity index (χ0v) is 16.7. The topological polar surface area (TPSA) is 67.2 Å². The zero-order valence-electron chi connectivity index (χ0n) is 16.7. The van der Waals surface area contributed by atoms with E-state index in [9.17, 15) is 9.59 Å². The zero-order chi connectivity index (χ0) is 20.2. The Balaban J connectivity index is 1.57. The average molecular weight is 390 g/mol. The summed E-state index contributed by atoms with van der Waals surface area (Å²) in [6, 6.07) is 15.0. The molecule has 2 aromatic carbocycles.